The monoisotopic (exact) mass is 408 g/mol. The minimum atomic E-state index is -0.196. The van der Waals surface area contributed by atoms with Crippen LogP contribution < -0.4 is 15.1 Å². The Bertz CT molecular complexity index is 1030. The fourth-order valence-corrected chi connectivity index (χ4v) is 3.78. The van der Waals surface area contributed by atoms with E-state index in [2.05, 4.69) is 20.1 Å². The highest BCUT2D eigenvalue weighted by Crippen LogP contribution is 2.28. The van der Waals surface area contributed by atoms with Gasteiger partial charge in [-0.2, -0.15) is 0 Å². The summed E-state index contributed by atoms with van der Waals surface area (Å²) in [6.45, 7) is 3.80. The molecule has 2 aromatic carbocycles. The number of ether oxygens (including phenoxy) is 1. The summed E-state index contributed by atoms with van der Waals surface area (Å²) >= 11 is 0. The predicted octanol–water partition coefficient (Wildman–Crippen LogP) is 3.08. The number of benzene rings is 2. The third-order valence-corrected chi connectivity index (χ3v) is 5.37. The number of carbonyl (C=O) groups is 1. The zero-order chi connectivity index (χ0) is 20.9. The third kappa shape index (κ3) is 4.21. The summed E-state index contributed by atoms with van der Waals surface area (Å²) in [5, 5.41) is 4.83. The Labute approximate surface area is 175 Å². The molecule has 30 heavy (non-hydrogen) atoms. The Morgan fingerprint density at radius 2 is 1.87 bits per heavy atom. The number of nitrogens with one attached hydrogen (secondary N) is 1. The summed E-state index contributed by atoms with van der Waals surface area (Å²) in [4.78, 5) is 21.3. The molecule has 4 rings (SSSR count). The molecule has 7 heteroatoms. The predicted molar refractivity (Wildman–Crippen MR) is 117 cm³/mol. The van der Waals surface area contributed by atoms with Gasteiger partial charge < -0.3 is 19.9 Å². The zero-order valence-electron chi connectivity index (χ0n) is 17.0. The lowest BCUT2D eigenvalue weighted by atomic mass is 10.1. The van der Waals surface area contributed by atoms with Gasteiger partial charge in [0.2, 0.25) is 0 Å². The van der Waals surface area contributed by atoms with Gasteiger partial charge in [0.05, 0.1) is 12.3 Å². The van der Waals surface area contributed by atoms with Gasteiger partial charge in [0.25, 0.3) is 5.91 Å². The van der Waals surface area contributed by atoms with Crippen molar-refractivity contribution in [3.8, 4) is 0 Å². The topological polar surface area (TPSA) is 57.7 Å². The first-order valence-electron chi connectivity index (χ1n) is 10.1. The molecule has 1 saturated heterocycles. The highest BCUT2D eigenvalue weighted by molar-refractivity contribution is 6.01. The van der Waals surface area contributed by atoms with Crippen molar-refractivity contribution in [1.82, 2.24) is 10.3 Å². The number of rotatable bonds is 6. The lowest BCUT2D eigenvalue weighted by Gasteiger charge is -2.37. The third-order valence-electron chi connectivity index (χ3n) is 5.37. The summed E-state index contributed by atoms with van der Waals surface area (Å²) in [6.07, 6.45) is 1.79. The van der Waals surface area contributed by atoms with Crippen molar-refractivity contribution >= 4 is 28.2 Å². The second-order valence-corrected chi connectivity index (χ2v) is 7.24. The molecule has 1 aliphatic heterocycles. The van der Waals surface area contributed by atoms with Crippen LogP contribution in [0.15, 0.2) is 54.7 Å². The van der Waals surface area contributed by atoms with Crippen LogP contribution in [0.3, 0.4) is 0 Å². The van der Waals surface area contributed by atoms with E-state index in [1.165, 1.54) is 6.07 Å². The van der Waals surface area contributed by atoms with Gasteiger partial charge in [-0.15, -0.1) is 0 Å². The van der Waals surface area contributed by atoms with Crippen LogP contribution in [-0.2, 0) is 4.74 Å². The van der Waals surface area contributed by atoms with Crippen molar-refractivity contribution in [2.24, 2.45) is 0 Å². The van der Waals surface area contributed by atoms with E-state index in [4.69, 9.17) is 4.74 Å². The lowest BCUT2D eigenvalue weighted by Crippen LogP contribution is -2.47. The minimum Gasteiger partial charge on any atom is -0.383 e. The molecule has 0 saturated carbocycles. The molecule has 3 aromatic rings. The Balaban J connectivity index is 1.53. The first-order valence-corrected chi connectivity index (χ1v) is 10.1. The highest BCUT2D eigenvalue weighted by Gasteiger charge is 2.22. The maximum absolute atomic E-state index is 14.1. The molecule has 156 valence electrons. The summed E-state index contributed by atoms with van der Waals surface area (Å²) in [6, 6.07) is 14.5. The van der Waals surface area contributed by atoms with Gasteiger partial charge in [-0.1, -0.05) is 18.2 Å². The van der Waals surface area contributed by atoms with Gasteiger partial charge in [-0.25, -0.2) is 9.37 Å². The van der Waals surface area contributed by atoms with E-state index < -0.39 is 0 Å². The molecule has 2 heterocycles. The van der Waals surface area contributed by atoms with E-state index in [9.17, 15) is 9.18 Å². The maximum atomic E-state index is 14.1. The molecular weight excluding hydrogens is 383 g/mol. The van der Waals surface area contributed by atoms with Gasteiger partial charge in [0.1, 0.15) is 11.6 Å². The van der Waals surface area contributed by atoms with Crippen LogP contribution in [0.4, 0.5) is 15.9 Å². The number of amides is 1. The number of nitrogens with zero attached hydrogens (tertiary/aromatic N) is 3. The van der Waals surface area contributed by atoms with Crippen LogP contribution in [0.2, 0.25) is 0 Å². The quantitative estimate of drug-likeness (QED) is 0.636. The van der Waals surface area contributed by atoms with E-state index in [0.29, 0.717) is 37.5 Å². The fraction of sp³-hybridized carbons (Fsp3) is 0.304. The molecule has 0 spiro atoms. The number of aromatic nitrogens is 1. The molecule has 0 atom stereocenters. The molecule has 1 fully saturated rings. The Kier molecular flexibility index (Phi) is 6.09. The summed E-state index contributed by atoms with van der Waals surface area (Å²) < 4.78 is 19.1. The highest BCUT2D eigenvalue weighted by atomic mass is 19.1. The van der Waals surface area contributed by atoms with E-state index in [1.807, 2.05) is 36.4 Å². The largest absolute Gasteiger partial charge is 0.383 e. The number of carbonyl (C=O) groups excluding carboxylic acids is 1. The van der Waals surface area contributed by atoms with Crippen LogP contribution in [0.25, 0.3) is 10.8 Å². The van der Waals surface area contributed by atoms with Crippen molar-refractivity contribution < 1.29 is 13.9 Å². The van der Waals surface area contributed by atoms with Gasteiger partial charge in [-0.05, 0) is 35.7 Å². The van der Waals surface area contributed by atoms with Gasteiger partial charge >= 0.3 is 0 Å². The normalized spacial score (nSPS) is 14.2. The van der Waals surface area contributed by atoms with Crippen molar-refractivity contribution in [3.05, 3.63) is 66.1 Å². The van der Waals surface area contributed by atoms with Crippen LogP contribution in [0.1, 0.15) is 10.4 Å². The number of hydrogen-bond donors (Lipinski definition) is 1. The maximum Gasteiger partial charge on any atom is 0.251 e. The number of anilines is 2. The molecule has 0 bridgehead atoms. The summed E-state index contributed by atoms with van der Waals surface area (Å²) in [5.74, 6) is 0.527. The molecule has 0 aliphatic carbocycles. The van der Waals surface area contributed by atoms with Crippen LogP contribution in [0, 0.1) is 5.82 Å². The Hall–Kier alpha value is -3.19. The first kappa shape index (κ1) is 20.1. The van der Waals surface area contributed by atoms with E-state index >= 15 is 0 Å². The average Bonchev–Trinajstić information content (AvgIpc) is 2.79. The van der Waals surface area contributed by atoms with Crippen LogP contribution >= 0.6 is 0 Å². The number of methoxy groups -OCH3 is 1. The van der Waals surface area contributed by atoms with Gasteiger partial charge in [0, 0.05) is 57.0 Å². The first-order chi connectivity index (χ1) is 14.7. The van der Waals surface area contributed by atoms with Crippen molar-refractivity contribution in [1.29, 1.82) is 0 Å². The molecular formula is C23H25FN4O2. The molecule has 1 aliphatic rings. The Morgan fingerprint density at radius 1 is 1.10 bits per heavy atom. The average molecular weight is 408 g/mol. The molecule has 0 radical (unpaired) electrons. The van der Waals surface area contributed by atoms with Gasteiger partial charge in [0.15, 0.2) is 0 Å². The van der Waals surface area contributed by atoms with Crippen molar-refractivity contribution in [3.63, 3.8) is 0 Å². The van der Waals surface area contributed by atoms with Crippen LogP contribution in [-0.4, -0.2) is 57.3 Å². The standard InChI is InChI=1S/C23H25FN4O2/c1-30-15-10-26-23(29)18-7-6-17-8-9-25-22(19(17)16-18)28-13-11-27(12-14-28)21-5-3-2-4-20(21)24/h2-9,16H,10-15H2,1H3,(H,26,29). The van der Waals surface area contributed by atoms with Crippen molar-refractivity contribution in [2.75, 3.05) is 56.2 Å². The van der Waals surface area contributed by atoms with Gasteiger partial charge in [-0.3, -0.25) is 4.79 Å². The Morgan fingerprint density at radius 3 is 2.63 bits per heavy atom. The van der Waals surface area contributed by atoms with Crippen LogP contribution in [0.5, 0.6) is 0 Å². The molecule has 0 unspecified atom stereocenters. The van der Waals surface area contributed by atoms with Crippen molar-refractivity contribution in [2.45, 2.75) is 0 Å². The number of para-hydroxylation sites is 1. The van der Waals surface area contributed by atoms with E-state index in [-0.39, 0.29) is 11.7 Å². The summed E-state index contributed by atoms with van der Waals surface area (Å²) in [7, 11) is 1.60. The second-order valence-electron chi connectivity index (χ2n) is 7.24. The number of hydrogen-bond acceptors (Lipinski definition) is 5. The molecule has 1 N–H and O–H groups in total. The molecule has 1 aromatic heterocycles. The van der Waals surface area contributed by atoms with E-state index in [0.717, 1.165) is 29.7 Å². The number of halogens is 1. The smallest absolute Gasteiger partial charge is 0.251 e. The zero-order valence-corrected chi connectivity index (χ0v) is 17.0. The second kappa shape index (κ2) is 9.09. The molecule has 6 nitrogen and oxygen atoms in total. The molecule has 1 amide bonds. The minimum absolute atomic E-state index is 0.131. The number of fused-ring (bicyclic) bond motifs is 1. The van der Waals surface area contributed by atoms with E-state index in [1.54, 1.807) is 19.4 Å². The SMILES string of the molecule is COCCNC(=O)c1ccc2ccnc(N3CCN(c4ccccc4F)CC3)c2c1. The fourth-order valence-electron chi connectivity index (χ4n) is 3.78. The summed E-state index contributed by atoms with van der Waals surface area (Å²) in [5.41, 5.74) is 1.23. The number of pyridine rings is 1. The number of piperazine rings is 1. The lowest BCUT2D eigenvalue weighted by molar-refractivity contribution is 0.0937.